The first-order valence-electron chi connectivity index (χ1n) is 13.2. The molecule has 0 radical (unpaired) electrons. The maximum absolute atomic E-state index is 14.5. The van der Waals surface area contributed by atoms with Gasteiger partial charge >= 0.3 is 6.16 Å². The van der Waals surface area contributed by atoms with Gasteiger partial charge < -0.3 is 24.4 Å². The van der Waals surface area contributed by atoms with Crippen LogP contribution in [0.3, 0.4) is 0 Å². The zero-order valence-corrected chi connectivity index (χ0v) is 25.8. The summed E-state index contributed by atoms with van der Waals surface area (Å²) in [4.78, 5) is 31.3. The third kappa shape index (κ3) is 6.24. The maximum atomic E-state index is 14.5. The monoisotopic (exact) mass is 632 g/mol. The number of benzene rings is 2. The molecule has 1 unspecified atom stereocenters. The molecule has 2 aliphatic heterocycles. The molecule has 11 heteroatoms. The lowest BCUT2D eigenvalue weighted by atomic mass is 9.76. The SMILES string of the molecule is CC(C)CN1C(=O)C(Sc2cc(Cl)ccc2Cl)=C(OC(=O)O)CC1(c1ccc(N2CCOCC2)cc1)c1ccsc1. The van der Waals surface area contributed by atoms with E-state index in [1.807, 2.05) is 33.9 Å². The fraction of sp³-hybridized carbons (Fsp3) is 0.333. The van der Waals surface area contributed by atoms with E-state index in [4.69, 9.17) is 32.7 Å². The van der Waals surface area contributed by atoms with E-state index in [-0.39, 0.29) is 28.9 Å². The maximum Gasteiger partial charge on any atom is 0.511 e. The van der Waals surface area contributed by atoms with Gasteiger partial charge in [-0.2, -0.15) is 11.3 Å². The molecule has 3 aromatic rings. The number of thiophene rings is 1. The van der Waals surface area contributed by atoms with Crippen molar-refractivity contribution in [3.05, 3.63) is 91.1 Å². The first kappa shape index (κ1) is 29.8. The van der Waals surface area contributed by atoms with Crippen LogP contribution >= 0.6 is 46.3 Å². The summed E-state index contributed by atoms with van der Waals surface area (Å²) in [5, 5.41) is 14.6. The fourth-order valence-electron chi connectivity index (χ4n) is 5.33. The second-order valence-corrected chi connectivity index (χ2v) is 13.0. The third-order valence-corrected chi connectivity index (χ3v) is 9.68. The smallest absolute Gasteiger partial charge is 0.449 e. The quantitative estimate of drug-likeness (QED) is 0.255. The molecule has 7 nitrogen and oxygen atoms in total. The average Bonchev–Trinajstić information content (AvgIpc) is 3.50. The zero-order chi connectivity index (χ0) is 29.1. The minimum absolute atomic E-state index is 0.0759. The van der Waals surface area contributed by atoms with Crippen molar-refractivity contribution in [3.8, 4) is 0 Å². The van der Waals surface area contributed by atoms with Gasteiger partial charge in [-0.25, -0.2) is 4.79 Å². The Morgan fingerprint density at radius 2 is 1.85 bits per heavy atom. The van der Waals surface area contributed by atoms with E-state index in [1.165, 1.54) is 11.3 Å². The number of halogens is 2. The molecule has 41 heavy (non-hydrogen) atoms. The Morgan fingerprint density at radius 1 is 1.12 bits per heavy atom. The molecule has 216 valence electrons. The molecular formula is C30H30Cl2N2O5S2. The second kappa shape index (κ2) is 12.7. The Hall–Kier alpha value is -2.69. The largest absolute Gasteiger partial charge is 0.511 e. The number of carbonyl (C=O) groups is 2. The van der Waals surface area contributed by atoms with Gasteiger partial charge in [0, 0.05) is 41.7 Å². The normalized spacial score (nSPS) is 19.7. The summed E-state index contributed by atoms with van der Waals surface area (Å²) in [5.41, 5.74) is 1.85. The van der Waals surface area contributed by atoms with Crippen LogP contribution in [0.25, 0.3) is 0 Å². The molecule has 1 N–H and O–H groups in total. The number of hydrogen-bond donors (Lipinski definition) is 1. The number of hydrogen-bond acceptors (Lipinski definition) is 7. The van der Waals surface area contributed by atoms with Crippen molar-refractivity contribution in [2.75, 3.05) is 37.7 Å². The summed E-state index contributed by atoms with van der Waals surface area (Å²) in [7, 11) is 0. The first-order chi connectivity index (χ1) is 19.7. The molecule has 0 aliphatic carbocycles. The molecule has 2 aromatic carbocycles. The standard InChI is InChI=1S/C30H30Cl2N2O5S2/c1-19(2)17-34-28(35)27(41-26-15-22(31)5-8-24(26)32)25(39-29(36)37)16-30(34,21-9-14-40-18-21)20-3-6-23(7-4-20)33-10-12-38-13-11-33/h3-9,14-15,18-19H,10-13,16-17H2,1-2H3,(H,36,37). The molecule has 0 spiro atoms. The van der Waals surface area contributed by atoms with E-state index in [0.717, 1.165) is 41.7 Å². The minimum Gasteiger partial charge on any atom is -0.449 e. The van der Waals surface area contributed by atoms with Crippen molar-refractivity contribution in [2.45, 2.75) is 30.7 Å². The van der Waals surface area contributed by atoms with Gasteiger partial charge in [0.25, 0.3) is 5.91 Å². The number of ether oxygens (including phenoxy) is 2. The number of rotatable bonds is 8. The topological polar surface area (TPSA) is 79.3 Å². The Balaban J connectivity index is 1.67. The molecule has 1 aromatic heterocycles. The van der Waals surface area contributed by atoms with Crippen LogP contribution in [0.15, 0.2) is 74.9 Å². The van der Waals surface area contributed by atoms with Crippen molar-refractivity contribution >= 4 is 64.1 Å². The minimum atomic E-state index is -1.48. The highest BCUT2D eigenvalue weighted by Crippen LogP contribution is 2.51. The molecule has 2 aliphatic rings. The summed E-state index contributed by atoms with van der Waals surface area (Å²) >= 11 is 15.3. The molecule has 3 heterocycles. The predicted octanol–water partition coefficient (Wildman–Crippen LogP) is 7.72. The van der Waals surface area contributed by atoms with Gasteiger partial charge in [-0.1, -0.05) is 60.9 Å². The predicted molar refractivity (Wildman–Crippen MR) is 164 cm³/mol. The molecule has 1 atom stereocenters. The Kier molecular flexibility index (Phi) is 9.21. The highest BCUT2D eigenvalue weighted by atomic mass is 35.5. The number of thioether (sulfide) groups is 1. The van der Waals surface area contributed by atoms with E-state index in [9.17, 15) is 14.7 Å². The first-order valence-corrected chi connectivity index (χ1v) is 15.7. The Labute approximate surface area is 257 Å². The van der Waals surface area contributed by atoms with Gasteiger partial charge in [0.05, 0.1) is 18.2 Å². The molecule has 5 rings (SSSR count). The molecule has 1 amide bonds. The van der Waals surface area contributed by atoms with Crippen LogP contribution in [0.4, 0.5) is 10.5 Å². The van der Waals surface area contributed by atoms with Crippen LogP contribution in [0.1, 0.15) is 31.4 Å². The van der Waals surface area contributed by atoms with Gasteiger partial charge in [0.1, 0.15) is 16.2 Å². The second-order valence-electron chi connectivity index (χ2n) is 10.3. The van der Waals surface area contributed by atoms with E-state index >= 15 is 0 Å². The van der Waals surface area contributed by atoms with Crippen molar-refractivity contribution in [1.82, 2.24) is 4.90 Å². The molecular weight excluding hydrogens is 603 g/mol. The summed E-state index contributed by atoms with van der Waals surface area (Å²) in [5.74, 6) is -0.120. The Morgan fingerprint density at radius 3 is 2.49 bits per heavy atom. The number of anilines is 1. The number of carboxylic acid groups (broad SMARTS) is 1. The lowest BCUT2D eigenvalue weighted by Crippen LogP contribution is -2.55. The molecule has 0 bridgehead atoms. The average molecular weight is 634 g/mol. The van der Waals surface area contributed by atoms with E-state index in [0.29, 0.717) is 34.7 Å². The number of carbonyl (C=O) groups excluding carboxylic acids is 1. The van der Waals surface area contributed by atoms with Gasteiger partial charge in [0.15, 0.2) is 0 Å². The van der Waals surface area contributed by atoms with Gasteiger partial charge in [-0.05, 0) is 64.2 Å². The lowest BCUT2D eigenvalue weighted by molar-refractivity contribution is -0.134. The van der Waals surface area contributed by atoms with E-state index in [2.05, 4.69) is 30.9 Å². The van der Waals surface area contributed by atoms with Crippen molar-refractivity contribution < 1.29 is 24.2 Å². The molecule has 1 fully saturated rings. The highest BCUT2D eigenvalue weighted by Gasteiger charge is 2.50. The summed E-state index contributed by atoms with van der Waals surface area (Å²) < 4.78 is 10.9. The summed E-state index contributed by atoms with van der Waals surface area (Å²) in [6, 6.07) is 15.1. The molecule has 0 saturated carbocycles. The Bertz CT molecular complexity index is 1440. The number of morpholine rings is 1. The van der Waals surface area contributed by atoms with Crippen molar-refractivity contribution in [3.63, 3.8) is 0 Å². The van der Waals surface area contributed by atoms with Crippen molar-refractivity contribution in [2.24, 2.45) is 5.92 Å². The highest BCUT2D eigenvalue weighted by molar-refractivity contribution is 8.04. The lowest BCUT2D eigenvalue weighted by Gasteiger charge is -2.48. The summed E-state index contributed by atoms with van der Waals surface area (Å²) in [6.07, 6.45) is -1.35. The van der Waals surface area contributed by atoms with Gasteiger partial charge in [0.2, 0.25) is 0 Å². The van der Waals surface area contributed by atoms with Gasteiger partial charge in [-0.3, -0.25) is 4.79 Å². The van der Waals surface area contributed by atoms with Crippen LogP contribution < -0.4 is 4.90 Å². The number of nitrogens with zero attached hydrogens (tertiary/aromatic N) is 2. The fourth-order valence-corrected chi connectivity index (χ4v) is 7.52. The van der Waals surface area contributed by atoms with E-state index in [1.54, 1.807) is 18.2 Å². The van der Waals surface area contributed by atoms with Crippen LogP contribution in [0.5, 0.6) is 0 Å². The molecule has 1 saturated heterocycles. The van der Waals surface area contributed by atoms with Crippen LogP contribution in [-0.4, -0.2) is 54.9 Å². The van der Waals surface area contributed by atoms with Crippen molar-refractivity contribution in [1.29, 1.82) is 0 Å². The van der Waals surface area contributed by atoms with E-state index < -0.39 is 11.7 Å². The van der Waals surface area contributed by atoms with Crippen LogP contribution in [0.2, 0.25) is 10.0 Å². The third-order valence-electron chi connectivity index (χ3n) is 7.15. The van der Waals surface area contributed by atoms with Crippen LogP contribution in [-0.2, 0) is 19.8 Å². The summed E-state index contributed by atoms with van der Waals surface area (Å²) in [6.45, 7) is 7.51. The van der Waals surface area contributed by atoms with Gasteiger partial charge in [-0.15, -0.1) is 0 Å². The van der Waals surface area contributed by atoms with Crippen LogP contribution in [0, 0.1) is 5.92 Å². The number of amides is 1. The zero-order valence-electron chi connectivity index (χ0n) is 22.6.